The predicted octanol–water partition coefficient (Wildman–Crippen LogP) is 5.03. The average molecular weight is 651 g/mol. The van der Waals surface area contributed by atoms with E-state index in [1.54, 1.807) is 22.9 Å². The third-order valence-corrected chi connectivity index (χ3v) is 11.4. The highest BCUT2D eigenvalue weighted by molar-refractivity contribution is 6.27. The van der Waals surface area contributed by atoms with Crippen molar-refractivity contribution in [1.82, 2.24) is 19.8 Å². The van der Waals surface area contributed by atoms with Gasteiger partial charge < -0.3 is 15.0 Å². The summed E-state index contributed by atoms with van der Waals surface area (Å²) in [6.45, 7) is 0. The molecule has 1 aliphatic heterocycles. The molecular weight excluding hydrogens is 616 g/mol. The van der Waals surface area contributed by atoms with Crippen molar-refractivity contribution in [3.05, 3.63) is 106 Å². The largest absolute Gasteiger partial charge is 0.464 e. The summed E-state index contributed by atoms with van der Waals surface area (Å²) in [5, 5.41) is 3.66. The van der Waals surface area contributed by atoms with Gasteiger partial charge in [-0.2, -0.15) is 0 Å². The van der Waals surface area contributed by atoms with Crippen LogP contribution < -0.4 is 10.7 Å². The Morgan fingerprint density at radius 3 is 2.55 bits per heavy atom. The zero-order chi connectivity index (χ0) is 32.5. The molecule has 3 heterocycles. The monoisotopic (exact) mass is 650 g/mol. The Labute approximate surface area is 276 Å². The van der Waals surface area contributed by atoms with Crippen LogP contribution in [-0.4, -0.2) is 62.3 Å². The Bertz CT molecular complexity index is 2000. The number of benzene rings is 2. The summed E-state index contributed by atoms with van der Waals surface area (Å²) in [6, 6.07) is 20.3. The van der Waals surface area contributed by atoms with Gasteiger partial charge in [-0.15, -0.1) is 11.6 Å². The van der Waals surface area contributed by atoms with Crippen LogP contribution in [0.4, 0.5) is 0 Å². The number of rotatable bonds is 7. The standard InChI is InChI=1S/C37H35ClN4O5/c1-47-35(46)31-28(32(44)27-8-5-15-39-33(27)41(31)26-6-3-2-4-7-26)17-22-9-11-24(12-10-22)34(45)42-29-13-14-36(40-30(43)21-38)18-23-16-25(20-36)37(29,42)19-23/h2-12,15,23,25,29H,13-14,16-21H2,1H3,(H,40,43)/t23-,25?,29+,36-,37+,42?/m0/s1. The number of aromatic nitrogens is 2. The van der Waals surface area contributed by atoms with Crippen molar-refractivity contribution in [2.24, 2.45) is 11.8 Å². The van der Waals surface area contributed by atoms with E-state index in [-0.39, 0.29) is 52.4 Å². The summed E-state index contributed by atoms with van der Waals surface area (Å²) in [6.07, 6.45) is 7.45. The van der Waals surface area contributed by atoms with Crippen molar-refractivity contribution in [3.8, 4) is 5.69 Å². The van der Waals surface area contributed by atoms with Crippen molar-refractivity contribution < 1.29 is 19.1 Å². The van der Waals surface area contributed by atoms with E-state index in [2.05, 4.69) is 15.2 Å². The summed E-state index contributed by atoms with van der Waals surface area (Å²) in [4.78, 5) is 60.1. The van der Waals surface area contributed by atoms with Crippen molar-refractivity contribution in [2.45, 2.75) is 62.1 Å². The maximum atomic E-state index is 14.0. The van der Waals surface area contributed by atoms with E-state index in [0.717, 1.165) is 44.1 Å². The number of likely N-dealkylation sites (tertiary alicyclic amines) is 1. The molecule has 47 heavy (non-hydrogen) atoms. The van der Waals surface area contributed by atoms with E-state index in [1.165, 1.54) is 7.11 Å². The highest BCUT2D eigenvalue weighted by Crippen LogP contribution is 2.68. The molecule has 1 saturated heterocycles. The Morgan fingerprint density at radius 1 is 1.02 bits per heavy atom. The Kier molecular flexibility index (Phi) is 7.02. The van der Waals surface area contributed by atoms with Crippen molar-refractivity contribution >= 4 is 40.4 Å². The van der Waals surface area contributed by atoms with Gasteiger partial charge in [0, 0.05) is 35.0 Å². The number of methoxy groups -OCH3 is 1. The van der Waals surface area contributed by atoms with Gasteiger partial charge in [-0.3, -0.25) is 19.0 Å². The molecule has 4 aromatic rings. The fraction of sp³-hybridized carbons (Fsp3) is 0.378. The van der Waals surface area contributed by atoms with Crippen molar-refractivity contribution in [3.63, 3.8) is 0 Å². The first kappa shape index (κ1) is 29.9. The predicted molar refractivity (Wildman–Crippen MR) is 177 cm³/mol. The van der Waals surface area contributed by atoms with Crippen LogP contribution in [0.15, 0.2) is 77.7 Å². The molecule has 10 heteroatoms. The number of amides is 2. The SMILES string of the molecule is COC(=O)c1c(Cc2ccc(C(=O)N3[C@@H]4CC[C@@]5(NC(=O)CCl)CC6C[C@@H](C5)C[C@@]643)cc2)c(=O)c2cccnc2n1-c1ccccc1. The third-order valence-electron chi connectivity index (χ3n) is 11.2. The number of pyridine rings is 2. The number of esters is 1. The van der Waals surface area contributed by atoms with Gasteiger partial charge in [-0.1, -0.05) is 30.3 Å². The van der Waals surface area contributed by atoms with E-state index < -0.39 is 5.97 Å². The quantitative estimate of drug-likeness (QED) is 0.171. The molecule has 3 aliphatic carbocycles. The van der Waals surface area contributed by atoms with Crippen LogP contribution >= 0.6 is 11.6 Å². The number of fused-ring (bicyclic) bond motifs is 3. The van der Waals surface area contributed by atoms with Gasteiger partial charge >= 0.3 is 5.97 Å². The number of carbonyl (C=O) groups is 3. The molecule has 2 amide bonds. The number of hydrogen-bond donors (Lipinski definition) is 1. The summed E-state index contributed by atoms with van der Waals surface area (Å²) >= 11 is 5.84. The summed E-state index contributed by atoms with van der Waals surface area (Å²) in [5.74, 6) is 0.130. The van der Waals surface area contributed by atoms with Crippen LogP contribution in [0, 0.1) is 11.8 Å². The normalized spacial score (nSPS) is 26.9. The number of nitrogens with zero attached hydrogens (tertiary/aromatic N) is 3. The molecule has 4 aliphatic rings. The molecular formula is C37H35ClN4O5. The summed E-state index contributed by atoms with van der Waals surface area (Å²) in [5.41, 5.74) is 2.28. The number of ether oxygens (including phenoxy) is 1. The second kappa shape index (κ2) is 11.0. The molecule has 3 bridgehead atoms. The third kappa shape index (κ3) is 4.61. The van der Waals surface area contributed by atoms with E-state index in [0.29, 0.717) is 39.7 Å². The van der Waals surface area contributed by atoms with Crippen LogP contribution in [0.2, 0.25) is 0 Å². The van der Waals surface area contributed by atoms with Crippen LogP contribution in [0.5, 0.6) is 0 Å². The number of para-hydroxylation sites is 1. The van der Waals surface area contributed by atoms with Gasteiger partial charge in [-0.25, -0.2) is 9.78 Å². The number of halogens is 1. The topological polar surface area (TPSA) is 110 Å². The summed E-state index contributed by atoms with van der Waals surface area (Å²) in [7, 11) is 1.30. The maximum absolute atomic E-state index is 14.0. The van der Waals surface area contributed by atoms with E-state index in [1.807, 2.05) is 54.6 Å². The molecule has 2 aromatic heterocycles. The first-order valence-electron chi connectivity index (χ1n) is 16.2. The Morgan fingerprint density at radius 2 is 1.81 bits per heavy atom. The second-order valence-electron chi connectivity index (χ2n) is 13.7. The van der Waals surface area contributed by atoms with Crippen molar-refractivity contribution in [2.75, 3.05) is 13.0 Å². The molecule has 1 spiro atoms. The zero-order valence-electron chi connectivity index (χ0n) is 26.1. The number of alkyl halides is 1. The first-order valence-corrected chi connectivity index (χ1v) is 16.8. The van der Waals surface area contributed by atoms with Gasteiger partial charge in [0.1, 0.15) is 17.2 Å². The fourth-order valence-electron chi connectivity index (χ4n) is 9.45. The molecule has 3 saturated carbocycles. The fourth-order valence-corrected chi connectivity index (χ4v) is 9.52. The lowest BCUT2D eigenvalue weighted by Gasteiger charge is -2.41. The van der Waals surface area contributed by atoms with Crippen LogP contribution in [-0.2, 0) is 16.0 Å². The summed E-state index contributed by atoms with van der Waals surface area (Å²) < 4.78 is 6.88. The number of nitrogens with one attached hydrogen (secondary N) is 1. The molecule has 8 rings (SSSR count). The lowest BCUT2D eigenvalue weighted by Crippen LogP contribution is -2.52. The minimum absolute atomic E-state index is 0.0303. The highest BCUT2D eigenvalue weighted by Gasteiger charge is 2.75. The molecule has 9 nitrogen and oxygen atoms in total. The van der Waals surface area contributed by atoms with E-state index >= 15 is 0 Å². The molecule has 1 unspecified atom stereocenters. The van der Waals surface area contributed by atoms with Gasteiger partial charge in [0.2, 0.25) is 5.91 Å². The van der Waals surface area contributed by atoms with Gasteiger partial charge in [-0.05, 0) is 92.3 Å². The Balaban J connectivity index is 1.09. The van der Waals surface area contributed by atoms with E-state index in [9.17, 15) is 19.2 Å². The number of carbonyl (C=O) groups excluding carboxylic acids is 3. The maximum Gasteiger partial charge on any atom is 0.355 e. The molecule has 0 radical (unpaired) electrons. The first-order chi connectivity index (χ1) is 22.8. The molecule has 240 valence electrons. The van der Waals surface area contributed by atoms with E-state index in [4.69, 9.17) is 16.3 Å². The number of hydrogen-bond acceptors (Lipinski definition) is 6. The van der Waals surface area contributed by atoms with Crippen LogP contribution in [0.3, 0.4) is 0 Å². The van der Waals surface area contributed by atoms with Crippen molar-refractivity contribution in [1.29, 1.82) is 0 Å². The highest BCUT2D eigenvalue weighted by atomic mass is 35.5. The molecule has 4 fully saturated rings. The second-order valence-corrected chi connectivity index (χ2v) is 13.9. The average Bonchev–Trinajstić information content (AvgIpc) is 3.67. The molecule has 2 aromatic carbocycles. The minimum Gasteiger partial charge on any atom is -0.464 e. The molecule has 5 atom stereocenters. The minimum atomic E-state index is -0.632. The van der Waals surface area contributed by atoms with Crippen LogP contribution in [0.1, 0.15) is 70.5 Å². The zero-order valence-corrected chi connectivity index (χ0v) is 26.8. The van der Waals surface area contributed by atoms with Crippen LogP contribution in [0.25, 0.3) is 16.7 Å². The lowest BCUT2D eigenvalue weighted by molar-refractivity contribution is -0.121. The van der Waals surface area contributed by atoms with Gasteiger partial charge in [0.05, 0.1) is 24.1 Å². The van der Waals surface area contributed by atoms with Gasteiger partial charge in [0.25, 0.3) is 5.91 Å². The lowest BCUT2D eigenvalue weighted by atomic mass is 9.73. The molecule has 1 N–H and O–H groups in total. The smallest absolute Gasteiger partial charge is 0.355 e. The van der Waals surface area contributed by atoms with Gasteiger partial charge in [0.15, 0.2) is 5.43 Å². The Hall–Kier alpha value is -4.50.